The number of halogens is 1. The molecule has 0 aliphatic carbocycles. The number of esters is 1. The number of hydrogen-bond acceptors (Lipinski definition) is 3. The van der Waals surface area contributed by atoms with Crippen molar-refractivity contribution in [3.8, 4) is 0 Å². The van der Waals surface area contributed by atoms with Gasteiger partial charge in [0.2, 0.25) is 0 Å². The molecular formula is C10H10ClNO2. The third kappa shape index (κ3) is 1.20. The molecule has 1 aromatic rings. The zero-order valence-electron chi connectivity index (χ0n) is 8.22. The summed E-state index contributed by atoms with van der Waals surface area (Å²) >= 11 is 5.89. The average molecular weight is 212 g/mol. The fourth-order valence-corrected chi connectivity index (χ4v) is 1.68. The summed E-state index contributed by atoms with van der Waals surface area (Å²) in [6.45, 7) is 5.42. The zero-order chi connectivity index (χ0) is 10.5. The molecule has 0 fully saturated rings. The van der Waals surface area contributed by atoms with Crippen molar-refractivity contribution in [2.24, 2.45) is 0 Å². The van der Waals surface area contributed by atoms with E-state index in [0.29, 0.717) is 16.4 Å². The molecule has 0 unspecified atom stereocenters. The molecule has 0 bridgehead atoms. The second-order valence-corrected chi connectivity index (χ2v) is 4.25. The average Bonchev–Trinajstić information content (AvgIpc) is 2.26. The predicted octanol–water partition coefficient (Wildman–Crippen LogP) is 2.45. The smallest absolute Gasteiger partial charge is 0.341 e. The lowest BCUT2D eigenvalue weighted by Gasteiger charge is -2.16. The van der Waals surface area contributed by atoms with E-state index in [4.69, 9.17) is 16.3 Å². The first-order chi connectivity index (χ1) is 6.42. The van der Waals surface area contributed by atoms with Crippen LogP contribution in [0.15, 0.2) is 6.07 Å². The van der Waals surface area contributed by atoms with Crippen molar-refractivity contribution in [3.63, 3.8) is 0 Å². The summed E-state index contributed by atoms with van der Waals surface area (Å²) in [4.78, 5) is 15.6. The standard InChI is InChI=1S/C10H10ClNO2/c1-5-4-6-7(12-8(5)11)10(2,3)14-9(6)13/h4H,1-3H3. The maximum atomic E-state index is 11.4. The van der Waals surface area contributed by atoms with Crippen molar-refractivity contribution in [2.75, 3.05) is 0 Å². The third-order valence-electron chi connectivity index (χ3n) is 2.29. The summed E-state index contributed by atoms with van der Waals surface area (Å²) in [5.74, 6) is -0.322. The molecule has 0 spiro atoms. The lowest BCUT2D eigenvalue weighted by molar-refractivity contribution is 0.00832. The molecule has 0 atom stereocenters. The summed E-state index contributed by atoms with van der Waals surface area (Å²) in [7, 11) is 0. The van der Waals surface area contributed by atoms with Crippen LogP contribution < -0.4 is 0 Å². The lowest BCUT2D eigenvalue weighted by atomic mass is 10.0. The van der Waals surface area contributed by atoms with Crippen LogP contribution >= 0.6 is 11.6 Å². The second-order valence-electron chi connectivity index (χ2n) is 3.89. The molecule has 4 heteroatoms. The number of carbonyl (C=O) groups excluding carboxylic acids is 1. The van der Waals surface area contributed by atoms with Gasteiger partial charge in [0, 0.05) is 0 Å². The van der Waals surface area contributed by atoms with Gasteiger partial charge in [-0.1, -0.05) is 11.6 Å². The predicted molar refractivity (Wildman–Crippen MR) is 52.4 cm³/mol. The Labute approximate surface area is 87.0 Å². The van der Waals surface area contributed by atoms with Gasteiger partial charge < -0.3 is 4.74 Å². The summed E-state index contributed by atoms with van der Waals surface area (Å²) < 4.78 is 5.17. The molecule has 1 aromatic heterocycles. The van der Waals surface area contributed by atoms with Gasteiger partial charge in [0.25, 0.3) is 0 Å². The number of pyridine rings is 1. The van der Waals surface area contributed by atoms with Crippen LogP contribution in [0.2, 0.25) is 5.15 Å². The van der Waals surface area contributed by atoms with E-state index in [-0.39, 0.29) is 5.97 Å². The van der Waals surface area contributed by atoms with Crippen LogP contribution in [-0.2, 0) is 10.3 Å². The Kier molecular flexibility index (Phi) is 1.83. The Morgan fingerprint density at radius 2 is 2.14 bits per heavy atom. The minimum atomic E-state index is -0.663. The van der Waals surface area contributed by atoms with E-state index in [2.05, 4.69) is 4.98 Å². The Hall–Kier alpha value is -1.09. The molecule has 0 radical (unpaired) electrons. The molecule has 0 saturated carbocycles. The lowest BCUT2D eigenvalue weighted by Crippen LogP contribution is -2.17. The molecule has 2 heterocycles. The van der Waals surface area contributed by atoms with E-state index in [1.807, 2.05) is 6.92 Å². The van der Waals surface area contributed by atoms with Gasteiger partial charge in [-0.3, -0.25) is 0 Å². The first kappa shape index (κ1) is 9.46. The van der Waals surface area contributed by atoms with E-state index >= 15 is 0 Å². The van der Waals surface area contributed by atoms with E-state index in [0.717, 1.165) is 5.56 Å². The maximum absolute atomic E-state index is 11.4. The van der Waals surface area contributed by atoms with Gasteiger partial charge in [-0.05, 0) is 32.4 Å². The molecule has 1 aliphatic heterocycles. The second kappa shape index (κ2) is 2.70. The molecule has 1 aliphatic rings. The molecule has 0 N–H and O–H groups in total. The van der Waals surface area contributed by atoms with Gasteiger partial charge in [0.05, 0.1) is 11.3 Å². The number of cyclic esters (lactones) is 1. The van der Waals surface area contributed by atoms with Crippen molar-refractivity contribution in [2.45, 2.75) is 26.4 Å². The molecule has 2 rings (SSSR count). The van der Waals surface area contributed by atoms with Gasteiger partial charge in [0.15, 0.2) is 0 Å². The van der Waals surface area contributed by atoms with Crippen LogP contribution in [0.1, 0.15) is 35.5 Å². The van der Waals surface area contributed by atoms with Gasteiger partial charge in [-0.2, -0.15) is 0 Å². The van der Waals surface area contributed by atoms with Crippen LogP contribution in [0.25, 0.3) is 0 Å². The van der Waals surface area contributed by atoms with Gasteiger partial charge >= 0.3 is 5.97 Å². The van der Waals surface area contributed by atoms with Crippen LogP contribution in [0, 0.1) is 6.92 Å². The first-order valence-corrected chi connectivity index (χ1v) is 4.70. The highest BCUT2D eigenvalue weighted by Gasteiger charge is 2.39. The van der Waals surface area contributed by atoms with Gasteiger partial charge in [-0.15, -0.1) is 0 Å². The first-order valence-electron chi connectivity index (χ1n) is 4.33. The van der Waals surface area contributed by atoms with Crippen molar-refractivity contribution >= 4 is 17.6 Å². The zero-order valence-corrected chi connectivity index (χ0v) is 8.97. The van der Waals surface area contributed by atoms with E-state index in [1.54, 1.807) is 19.9 Å². The molecular weight excluding hydrogens is 202 g/mol. The Morgan fingerprint density at radius 3 is 2.79 bits per heavy atom. The normalized spacial score (nSPS) is 17.9. The fourth-order valence-electron chi connectivity index (χ4n) is 1.54. The number of fused-ring (bicyclic) bond motifs is 1. The van der Waals surface area contributed by atoms with E-state index < -0.39 is 5.60 Å². The van der Waals surface area contributed by atoms with Gasteiger partial charge in [0.1, 0.15) is 10.8 Å². The third-order valence-corrected chi connectivity index (χ3v) is 2.67. The molecule has 3 nitrogen and oxygen atoms in total. The summed E-state index contributed by atoms with van der Waals surface area (Å²) in [6, 6.07) is 1.72. The fraction of sp³-hybridized carbons (Fsp3) is 0.400. The highest BCUT2D eigenvalue weighted by Crippen LogP contribution is 2.35. The van der Waals surface area contributed by atoms with Crippen molar-refractivity contribution in [1.29, 1.82) is 0 Å². The van der Waals surface area contributed by atoms with Gasteiger partial charge in [-0.25, -0.2) is 9.78 Å². The minimum Gasteiger partial charge on any atom is -0.449 e. The maximum Gasteiger partial charge on any atom is 0.341 e. The number of hydrogen-bond donors (Lipinski definition) is 0. The topological polar surface area (TPSA) is 39.2 Å². The van der Waals surface area contributed by atoms with Crippen LogP contribution in [-0.4, -0.2) is 11.0 Å². The SMILES string of the molecule is Cc1cc2c(nc1Cl)C(C)(C)OC2=O. The summed E-state index contributed by atoms with van der Waals surface area (Å²) in [5, 5.41) is 0.426. The molecule has 0 aromatic carbocycles. The molecule has 14 heavy (non-hydrogen) atoms. The quantitative estimate of drug-likeness (QED) is 0.489. The van der Waals surface area contributed by atoms with E-state index in [1.165, 1.54) is 0 Å². The number of carbonyl (C=O) groups is 1. The minimum absolute atomic E-state index is 0.322. The molecule has 74 valence electrons. The Bertz CT molecular complexity index is 426. The summed E-state index contributed by atoms with van der Waals surface area (Å²) in [5.41, 5.74) is 1.28. The van der Waals surface area contributed by atoms with Crippen molar-refractivity contribution in [1.82, 2.24) is 4.98 Å². The Balaban J connectivity index is 2.70. The van der Waals surface area contributed by atoms with Crippen LogP contribution in [0.3, 0.4) is 0 Å². The van der Waals surface area contributed by atoms with Crippen LogP contribution in [0.5, 0.6) is 0 Å². The summed E-state index contributed by atoms with van der Waals surface area (Å²) in [6.07, 6.45) is 0. The van der Waals surface area contributed by atoms with E-state index in [9.17, 15) is 4.79 Å². The number of ether oxygens (including phenoxy) is 1. The number of nitrogens with zero attached hydrogens (tertiary/aromatic N) is 1. The molecule has 0 amide bonds. The highest BCUT2D eigenvalue weighted by molar-refractivity contribution is 6.30. The van der Waals surface area contributed by atoms with Crippen molar-refractivity contribution < 1.29 is 9.53 Å². The number of rotatable bonds is 0. The monoisotopic (exact) mass is 211 g/mol. The van der Waals surface area contributed by atoms with Crippen molar-refractivity contribution in [3.05, 3.63) is 28.0 Å². The molecule has 0 saturated heterocycles. The highest BCUT2D eigenvalue weighted by atomic mass is 35.5. The Morgan fingerprint density at radius 1 is 1.50 bits per heavy atom. The number of aryl methyl sites for hydroxylation is 1. The van der Waals surface area contributed by atoms with Crippen LogP contribution in [0.4, 0.5) is 0 Å². The number of aromatic nitrogens is 1. The largest absolute Gasteiger partial charge is 0.449 e.